The van der Waals surface area contributed by atoms with Crippen LogP contribution in [0.15, 0.2) is 43.0 Å². The summed E-state index contributed by atoms with van der Waals surface area (Å²) in [7, 11) is 0. The van der Waals surface area contributed by atoms with E-state index in [2.05, 4.69) is 6.58 Å². The van der Waals surface area contributed by atoms with Crippen LogP contribution in [0.1, 0.15) is 54.7 Å². The van der Waals surface area contributed by atoms with Gasteiger partial charge in [-0.15, -0.1) is 0 Å². The molecule has 0 saturated heterocycles. The minimum atomic E-state index is -0.920. The molecule has 0 bridgehead atoms. The van der Waals surface area contributed by atoms with Gasteiger partial charge in [0.25, 0.3) is 0 Å². The minimum absolute atomic E-state index is 0.0234. The topological polar surface area (TPSA) is 9.23 Å². The zero-order chi connectivity index (χ0) is 20.1. The van der Waals surface area contributed by atoms with Crippen molar-refractivity contribution < 1.29 is 17.9 Å². The van der Waals surface area contributed by atoms with E-state index in [1.165, 1.54) is 12.1 Å². The SMILES string of the molecule is C=CCOc1ccc(C2CCC(CCc3ccc(C)cc3F)CC2)c(F)c1F. The van der Waals surface area contributed by atoms with E-state index >= 15 is 0 Å². The maximum atomic E-state index is 14.5. The molecule has 3 rings (SSSR count). The van der Waals surface area contributed by atoms with Gasteiger partial charge in [0.15, 0.2) is 11.6 Å². The second-order valence-corrected chi connectivity index (χ2v) is 7.73. The van der Waals surface area contributed by atoms with Gasteiger partial charge in [0.05, 0.1) is 0 Å². The fourth-order valence-corrected chi connectivity index (χ4v) is 4.10. The molecule has 0 atom stereocenters. The zero-order valence-corrected chi connectivity index (χ0v) is 16.3. The summed E-state index contributed by atoms with van der Waals surface area (Å²) in [4.78, 5) is 0. The van der Waals surface area contributed by atoms with E-state index in [0.717, 1.165) is 49.7 Å². The summed E-state index contributed by atoms with van der Waals surface area (Å²) in [5.74, 6) is -1.40. The Morgan fingerprint density at radius 2 is 1.79 bits per heavy atom. The molecule has 0 aliphatic heterocycles. The van der Waals surface area contributed by atoms with Crippen LogP contribution in [0.25, 0.3) is 0 Å². The van der Waals surface area contributed by atoms with Gasteiger partial charge in [0.2, 0.25) is 5.82 Å². The molecule has 1 fully saturated rings. The van der Waals surface area contributed by atoms with Gasteiger partial charge in [-0.2, -0.15) is 4.39 Å². The van der Waals surface area contributed by atoms with Crippen LogP contribution in [0.4, 0.5) is 13.2 Å². The van der Waals surface area contributed by atoms with Crippen molar-refractivity contribution in [3.63, 3.8) is 0 Å². The van der Waals surface area contributed by atoms with Crippen LogP contribution in [-0.2, 0) is 6.42 Å². The molecule has 0 amide bonds. The van der Waals surface area contributed by atoms with E-state index in [-0.39, 0.29) is 24.1 Å². The molecule has 0 aromatic heterocycles. The molecule has 0 radical (unpaired) electrons. The predicted molar refractivity (Wildman–Crippen MR) is 106 cm³/mol. The van der Waals surface area contributed by atoms with Crippen molar-refractivity contribution in [2.24, 2.45) is 5.92 Å². The molecule has 1 aliphatic rings. The fraction of sp³-hybridized carbons (Fsp3) is 0.417. The molecular weight excluding hydrogens is 361 g/mol. The van der Waals surface area contributed by atoms with Crippen LogP contribution in [0, 0.1) is 30.3 Å². The first kappa shape index (κ1) is 20.5. The van der Waals surface area contributed by atoms with Gasteiger partial charge in [-0.3, -0.25) is 0 Å². The molecule has 0 N–H and O–H groups in total. The number of aryl methyl sites for hydroxylation is 2. The van der Waals surface area contributed by atoms with Gasteiger partial charge in [0, 0.05) is 0 Å². The molecule has 2 aromatic carbocycles. The lowest BCUT2D eigenvalue weighted by atomic mass is 9.76. The maximum Gasteiger partial charge on any atom is 0.200 e. The van der Waals surface area contributed by atoms with Gasteiger partial charge < -0.3 is 4.74 Å². The summed E-state index contributed by atoms with van der Waals surface area (Å²) >= 11 is 0. The summed E-state index contributed by atoms with van der Waals surface area (Å²) in [5.41, 5.74) is 2.12. The lowest BCUT2D eigenvalue weighted by molar-refractivity contribution is 0.300. The van der Waals surface area contributed by atoms with E-state index < -0.39 is 11.6 Å². The van der Waals surface area contributed by atoms with E-state index in [0.29, 0.717) is 11.5 Å². The Morgan fingerprint density at radius 3 is 2.46 bits per heavy atom. The number of halogens is 3. The third-order valence-corrected chi connectivity index (χ3v) is 5.75. The standard InChI is InChI=1S/C24H27F3O/c1-3-14-28-22-13-12-20(23(26)24(22)27)18-9-5-17(6-10-18)7-11-19-8-4-16(2)15-21(19)25/h3-4,8,12-13,15,17-18H,1,5-7,9-11,14H2,2H3. The van der Waals surface area contributed by atoms with Gasteiger partial charge in [0.1, 0.15) is 12.4 Å². The number of rotatable bonds is 7. The van der Waals surface area contributed by atoms with E-state index in [4.69, 9.17) is 4.74 Å². The van der Waals surface area contributed by atoms with Crippen molar-refractivity contribution in [3.05, 3.63) is 77.1 Å². The Morgan fingerprint density at radius 1 is 1.04 bits per heavy atom. The molecule has 28 heavy (non-hydrogen) atoms. The lowest BCUT2D eigenvalue weighted by Gasteiger charge is -2.29. The third kappa shape index (κ3) is 4.78. The van der Waals surface area contributed by atoms with Crippen molar-refractivity contribution in [2.45, 2.75) is 51.4 Å². The van der Waals surface area contributed by atoms with Crippen LogP contribution >= 0.6 is 0 Å². The first-order valence-electron chi connectivity index (χ1n) is 9.96. The van der Waals surface area contributed by atoms with Crippen molar-refractivity contribution in [3.8, 4) is 5.75 Å². The Labute approximate surface area is 165 Å². The normalized spacial score (nSPS) is 19.4. The molecule has 4 heteroatoms. The Bertz CT molecular complexity index is 823. The number of hydrogen-bond acceptors (Lipinski definition) is 1. The number of hydrogen-bond donors (Lipinski definition) is 0. The van der Waals surface area contributed by atoms with Gasteiger partial charge in [-0.25, -0.2) is 8.78 Å². The zero-order valence-electron chi connectivity index (χ0n) is 16.3. The van der Waals surface area contributed by atoms with Crippen LogP contribution < -0.4 is 4.74 Å². The highest BCUT2D eigenvalue weighted by molar-refractivity contribution is 5.33. The van der Waals surface area contributed by atoms with E-state index in [9.17, 15) is 13.2 Å². The lowest BCUT2D eigenvalue weighted by Crippen LogP contribution is -2.16. The van der Waals surface area contributed by atoms with Crippen molar-refractivity contribution in [1.29, 1.82) is 0 Å². The molecule has 2 aromatic rings. The summed E-state index contributed by atoms with van der Waals surface area (Å²) in [6.07, 6.45) is 6.70. The Hall–Kier alpha value is -2.23. The molecule has 150 valence electrons. The van der Waals surface area contributed by atoms with Crippen LogP contribution in [-0.4, -0.2) is 6.61 Å². The molecule has 0 spiro atoms. The predicted octanol–water partition coefficient (Wildman–Crippen LogP) is 6.88. The summed E-state index contributed by atoms with van der Waals surface area (Å²) in [6, 6.07) is 8.53. The number of ether oxygens (including phenoxy) is 1. The maximum absolute atomic E-state index is 14.5. The van der Waals surface area contributed by atoms with Gasteiger partial charge in [-0.05, 0) is 86.1 Å². The van der Waals surface area contributed by atoms with E-state index in [1.54, 1.807) is 12.1 Å². The third-order valence-electron chi connectivity index (χ3n) is 5.75. The fourth-order valence-electron chi connectivity index (χ4n) is 4.10. The highest BCUT2D eigenvalue weighted by Gasteiger charge is 2.26. The van der Waals surface area contributed by atoms with Gasteiger partial charge in [-0.1, -0.05) is 30.9 Å². The molecule has 0 unspecified atom stereocenters. The van der Waals surface area contributed by atoms with Crippen LogP contribution in [0.5, 0.6) is 5.75 Å². The smallest absolute Gasteiger partial charge is 0.200 e. The van der Waals surface area contributed by atoms with Crippen LogP contribution in [0.3, 0.4) is 0 Å². The summed E-state index contributed by atoms with van der Waals surface area (Å²) in [5, 5.41) is 0. The van der Waals surface area contributed by atoms with Crippen molar-refractivity contribution in [1.82, 2.24) is 0 Å². The highest BCUT2D eigenvalue weighted by Crippen LogP contribution is 2.40. The number of benzene rings is 2. The van der Waals surface area contributed by atoms with Gasteiger partial charge >= 0.3 is 0 Å². The Balaban J connectivity index is 1.56. The second kappa shape index (κ2) is 9.31. The second-order valence-electron chi connectivity index (χ2n) is 7.73. The van der Waals surface area contributed by atoms with Crippen LogP contribution in [0.2, 0.25) is 0 Å². The monoisotopic (exact) mass is 388 g/mol. The highest BCUT2D eigenvalue weighted by atomic mass is 19.2. The average molecular weight is 388 g/mol. The minimum Gasteiger partial charge on any atom is -0.486 e. The summed E-state index contributed by atoms with van der Waals surface area (Å²) in [6.45, 7) is 5.53. The first-order valence-corrected chi connectivity index (χ1v) is 9.96. The quantitative estimate of drug-likeness (QED) is 0.470. The largest absolute Gasteiger partial charge is 0.486 e. The van der Waals surface area contributed by atoms with E-state index in [1.807, 2.05) is 19.1 Å². The summed E-state index contributed by atoms with van der Waals surface area (Å²) < 4.78 is 47.9. The molecule has 1 aliphatic carbocycles. The average Bonchev–Trinajstić information content (AvgIpc) is 2.69. The molecular formula is C24H27F3O. The molecule has 0 heterocycles. The Kier molecular flexibility index (Phi) is 6.82. The first-order chi connectivity index (χ1) is 13.5. The molecule has 1 saturated carbocycles. The van der Waals surface area contributed by atoms with Crippen molar-refractivity contribution >= 4 is 0 Å². The van der Waals surface area contributed by atoms with Crippen molar-refractivity contribution in [2.75, 3.05) is 6.61 Å². The molecule has 1 nitrogen and oxygen atoms in total.